The average Bonchev–Trinajstić information content (AvgIpc) is 2.45. The van der Waals surface area contributed by atoms with Crippen molar-refractivity contribution in [1.82, 2.24) is 4.72 Å². The van der Waals surface area contributed by atoms with Gasteiger partial charge in [-0.25, -0.2) is 13.1 Å². The highest BCUT2D eigenvalue weighted by molar-refractivity contribution is 7.92. The van der Waals surface area contributed by atoms with Crippen LogP contribution in [-0.2, 0) is 19.5 Å². The maximum absolute atomic E-state index is 11.9. The van der Waals surface area contributed by atoms with Crippen molar-refractivity contribution in [3.63, 3.8) is 0 Å². The first-order chi connectivity index (χ1) is 9.41. The molecule has 0 spiro atoms. The molecule has 0 aromatic heterocycles. The predicted molar refractivity (Wildman–Crippen MR) is 79.7 cm³/mol. The minimum atomic E-state index is -3.51. The van der Waals surface area contributed by atoms with Crippen LogP contribution >= 0.6 is 0 Å². The molecule has 0 aliphatic carbocycles. The highest BCUT2D eigenvalue weighted by Gasteiger charge is 2.25. The van der Waals surface area contributed by atoms with Crippen molar-refractivity contribution in [1.29, 1.82) is 0 Å². The second kappa shape index (κ2) is 7.54. The molecule has 1 atom stereocenters. The molecule has 0 aliphatic heterocycles. The largest absolute Gasteiger partial charge is 0.382 e. The van der Waals surface area contributed by atoms with Crippen LogP contribution in [0.2, 0.25) is 0 Å². The summed E-state index contributed by atoms with van der Waals surface area (Å²) < 4.78 is 36.5. The second-order valence-corrected chi connectivity index (χ2v) is 6.32. The van der Waals surface area contributed by atoms with Crippen LogP contribution in [0.3, 0.4) is 0 Å². The van der Waals surface area contributed by atoms with E-state index in [0.717, 1.165) is 11.0 Å². The van der Waals surface area contributed by atoms with Crippen molar-refractivity contribution in [2.45, 2.75) is 12.5 Å². The van der Waals surface area contributed by atoms with Crippen LogP contribution in [0.1, 0.15) is 12.5 Å². The van der Waals surface area contributed by atoms with Gasteiger partial charge in [-0.3, -0.25) is 0 Å². The number of rotatable bonds is 8. The molecular formula is C14H21NO4S. The Hall–Kier alpha value is -1.21. The van der Waals surface area contributed by atoms with E-state index in [1.807, 2.05) is 30.3 Å². The molecule has 0 saturated heterocycles. The number of benzene rings is 1. The molecule has 0 amide bonds. The first kappa shape index (κ1) is 16.8. The molecule has 20 heavy (non-hydrogen) atoms. The Morgan fingerprint density at radius 2 is 1.90 bits per heavy atom. The summed E-state index contributed by atoms with van der Waals surface area (Å²) in [5, 5.41) is 1.14. The van der Waals surface area contributed by atoms with Crippen LogP contribution < -0.4 is 4.72 Å². The molecule has 0 unspecified atom stereocenters. The molecule has 0 radical (unpaired) electrons. The summed E-state index contributed by atoms with van der Waals surface area (Å²) in [6, 6.07) is 9.23. The first-order valence-electron chi connectivity index (χ1n) is 6.18. The monoisotopic (exact) mass is 299 g/mol. The first-order valence-corrected chi connectivity index (χ1v) is 7.72. The Morgan fingerprint density at radius 3 is 2.45 bits per heavy atom. The molecular weight excluding hydrogens is 278 g/mol. The van der Waals surface area contributed by atoms with E-state index in [1.54, 1.807) is 20.1 Å². The van der Waals surface area contributed by atoms with Crippen LogP contribution in [0.4, 0.5) is 0 Å². The van der Waals surface area contributed by atoms with Crippen molar-refractivity contribution in [2.75, 3.05) is 27.4 Å². The molecule has 112 valence electrons. The van der Waals surface area contributed by atoms with Gasteiger partial charge in [0.15, 0.2) is 0 Å². The predicted octanol–water partition coefficient (Wildman–Crippen LogP) is 1.63. The Labute approximate surface area is 120 Å². The number of sulfonamides is 1. The summed E-state index contributed by atoms with van der Waals surface area (Å²) >= 11 is 0. The van der Waals surface area contributed by atoms with E-state index in [-0.39, 0.29) is 6.54 Å². The van der Waals surface area contributed by atoms with Gasteiger partial charge in [0.25, 0.3) is 0 Å². The molecule has 1 aromatic rings. The third-order valence-electron chi connectivity index (χ3n) is 2.83. The topological polar surface area (TPSA) is 64.6 Å². The van der Waals surface area contributed by atoms with Gasteiger partial charge in [-0.05, 0) is 18.6 Å². The van der Waals surface area contributed by atoms with Gasteiger partial charge in [0.05, 0.1) is 6.61 Å². The lowest BCUT2D eigenvalue weighted by Gasteiger charge is -2.26. The van der Waals surface area contributed by atoms with E-state index in [0.29, 0.717) is 6.61 Å². The quantitative estimate of drug-likeness (QED) is 0.792. The number of methoxy groups -OCH3 is 2. The molecule has 1 N–H and O–H groups in total. The molecule has 1 rings (SSSR count). The van der Waals surface area contributed by atoms with Gasteiger partial charge < -0.3 is 9.47 Å². The molecule has 5 nitrogen and oxygen atoms in total. The summed E-state index contributed by atoms with van der Waals surface area (Å²) in [5.74, 6) is 0. The lowest BCUT2D eigenvalue weighted by molar-refractivity contribution is -0.0460. The summed E-state index contributed by atoms with van der Waals surface area (Å²) in [5.41, 5.74) is 0.131. The van der Waals surface area contributed by atoms with Gasteiger partial charge in [-0.15, -0.1) is 0 Å². The Bertz CT molecular complexity index is 527. The minimum Gasteiger partial charge on any atom is -0.382 e. The van der Waals surface area contributed by atoms with Crippen molar-refractivity contribution in [3.8, 4) is 0 Å². The number of hydrogen-bond acceptors (Lipinski definition) is 4. The third kappa shape index (κ3) is 5.83. The SMILES string of the molecule is COC[C@](C)(CNS(=O)(=O)/C=C/c1ccccc1)OC. The van der Waals surface area contributed by atoms with E-state index in [2.05, 4.69) is 4.72 Å². The number of hydrogen-bond donors (Lipinski definition) is 1. The van der Waals surface area contributed by atoms with Crippen LogP contribution in [0.15, 0.2) is 35.7 Å². The van der Waals surface area contributed by atoms with Gasteiger partial charge in [0.1, 0.15) is 5.60 Å². The van der Waals surface area contributed by atoms with E-state index in [4.69, 9.17) is 9.47 Å². The average molecular weight is 299 g/mol. The summed E-state index contributed by atoms with van der Waals surface area (Å²) in [7, 11) is -0.444. The number of ether oxygens (including phenoxy) is 2. The molecule has 0 fully saturated rings. The lowest BCUT2D eigenvalue weighted by Crippen LogP contribution is -2.44. The van der Waals surface area contributed by atoms with Gasteiger partial charge in [-0.2, -0.15) is 0 Å². The smallest absolute Gasteiger partial charge is 0.233 e. The van der Waals surface area contributed by atoms with E-state index >= 15 is 0 Å². The summed E-state index contributed by atoms with van der Waals surface area (Å²) in [6.07, 6.45) is 1.54. The molecule has 0 heterocycles. The highest BCUT2D eigenvalue weighted by atomic mass is 32.2. The van der Waals surface area contributed by atoms with Crippen LogP contribution in [-0.4, -0.2) is 41.4 Å². The zero-order chi connectivity index (χ0) is 15.1. The zero-order valence-electron chi connectivity index (χ0n) is 12.0. The van der Waals surface area contributed by atoms with Gasteiger partial charge in [-0.1, -0.05) is 30.3 Å². The Kier molecular flexibility index (Phi) is 6.35. The maximum Gasteiger partial charge on any atom is 0.233 e. The van der Waals surface area contributed by atoms with Crippen LogP contribution in [0.25, 0.3) is 6.08 Å². The molecule has 0 saturated carbocycles. The van der Waals surface area contributed by atoms with E-state index < -0.39 is 15.6 Å². The van der Waals surface area contributed by atoms with Gasteiger partial charge >= 0.3 is 0 Å². The second-order valence-electron chi connectivity index (χ2n) is 4.67. The summed E-state index contributed by atoms with van der Waals surface area (Å²) in [4.78, 5) is 0. The van der Waals surface area contributed by atoms with E-state index in [1.165, 1.54) is 7.11 Å². The maximum atomic E-state index is 11.9. The fourth-order valence-corrected chi connectivity index (χ4v) is 2.46. The van der Waals surface area contributed by atoms with Gasteiger partial charge in [0, 0.05) is 26.2 Å². The Morgan fingerprint density at radius 1 is 1.25 bits per heavy atom. The fraction of sp³-hybridized carbons (Fsp3) is 0.429. The summed E-state index contributed by atoms with van der Waals surface area (Å²) in [6.45, 7) is 2.22. The molecule has 1 aromatic carbocycles. The van der Waals surface area contributed by atoms with Crippen LogP contribution in [0, 0.1) is 0 Å². The van der Waals surface area contributed by atoms with Gasteiger partial charge in [0.2, 0.25) is 10.0 Å². The van der Waals surface area contributed by atoms with E-state index in [9.17, 15) is 8.42 Å². The standard InChI is InChI=1S/C14H21NO4S/c1-14(19-3,12-18-2)11-15-20(16,17)10-9-13-7-5-4-6-8-13/h4-10,15H,11-12H2,1-3H3/b10-9+/t14-/m0/s1. The fourth-order valence-electron chi connectivity index (χ4n) is 1.52. The van der Waals surface area contributed by atoms with Crippen molar-refractivity contribution < 1.29 is 17.9 Å². The van der Waals surface area contributed by atoms with Crippen molar-refractivity contribution >= 4 is 16.1 Å². The number of nitrogens with one attached hydrogen (secondary N) is 1. The molecule has 0 aliphatic rings. The molecule has 0 bridgehead atoms. The molecule has 6 heteroatoms. The zero-order valence-corrected chi connectivity index (χ0v) is 12.8. The van der Waals surface area contributed by atoms with Crippen molar-refractivity contribution in [3.05, 3.63) is 41.3 Å². The Balaban J connectivity index is 2.64. The van der Waals surface area contributed by atoms with Crippen molar-refractivity contribution in [2.24, 2.45) is 0 Å². The normalized spacial score (nSPS) is 15.3. The lowest BCUT2D eigenvalue weighted by atomic mass is 10.1. The third-order valence-corrected chi connectivity index (χ3v) is 3.87. The van der Waals surface area contributed by atoms with Crippen LogP contribution in [0.5, 0.6) is 0 Å². The highest BCUT2D eigenvalue weighted by Crippen LogP contribution is 2.09. The minimum absolute atomic E-state index is 0.138.